The first-order chi connectivity index (χ1) is 11.9. The number of amides is 1. The first kappa shape index (κ1) is 16.9. The molecule has 8 heteroatoms. The molecule has 0 saturated carbocycles. The second-order valence-electron chi connectivity index (χ2n) is 5.82. The Morgan fingerprint density at radius 3 is 2.76 bits per heavy atom. The van der Waals surface area contributed by atoms with E-state index in [1.165, 1.54) is 6.20 Å². The molecule has 1 aromatic carbocycles. The van der Waals surface area contributed by atoms with Gasteiger partial charge < -0.3 is 10.6 Å². The molecule has 1 aliphatic rings. The highest BCUT2D eigenvalue weighted by Crippen LogP contribution is 2.17. The van der Waals surface area contributed by atoms with Gasteiger partial charge in [-0.2, -0.15) is 5.26 Å². The number of hydrogen-bond donors (Lipinski definition) is 2. The summed E-state index contributed by atoms with van der Waals surface area (Å²) < 4.78 is 22.9. The van der Waals surface area contributed by atoms with Gasteiger partial charge in [0.2, 0.25) is 0 Å². The molecule has 0 radical (unpaired) electrons. The summed E-state index contributed by atoms with van der Waals surface area (Å²) in [6.07, 6.45) is 1.98. The van der Waals surface area contributed by atoms with Crippen molar-refractivity contribution in [3.63, 3.8) is 0 Å². The molecule has 1 amide bonds. The Morgan fingerprint density at radius 2 is 2.12 bits per heavy atom. The molecule has 2 heterocycles. The lowest BCUT2D eigenvalue weighted by Crippen LogP contribution is -2.21. The second-order valence-corrected chi connectivity index (χ2v) is 8.05. The zero-order chi connectivity index (χ0) is 17.9. The van der Waals surface area contributed by atoms with Crippen LogP contribution in [0, 0.1) is 11.3 Å². The minimum atomic E-state index is -2.95. The number of carbonyl (C=O) groups is 1. The summed E-state index contributed by atoms with van der Waals surface area (Å²) in [6, 6.07) is 11.7. The Hall–Kier alpha value is -2.92. The van der Waals surface area contributed by atoms with Crippen LogP contribution in [0.4, 0.5) is 11.5 Å². The molecule has 2 aromatic rings. The Balaban J connectivity index is 1.63. The van der Waals surface area contributed by atoms with E-state index in [1.807, 2.05) is 6.07 Å². The number of aromatic nitrogens is 1. The average Bonchev–Trinajstić information content (AvgIpc) is 2.94. The zero-order valence-electron chi connectivity index (χ0n) is 13.3. The third-order valence-corrected chi connectivity index (χ3v) is 5.63. The van der Waals surface area contributed by atoms with E-state index in [4.69, 9.17) is 5.26 Å². The van der Waals surface area contributed by atoms with Crippen molar-refractivity contribution >= 4 is 27.2 Å². The topological polar surface area (TPSA) is 112 Å². The summed E-state index contributed by atoms with van der Waals surface area (Å²) in [5.74, 6) is 0.488. The molecular weight excluding hydrogens is 340 g/mol. The number of pyridine rings is 1. The molecule has 3 rings (SSSR count). The summed E-state index contributed by atoms with van der Waals surface area (Å²) in [6.45, 7) is 0. The fourth-order valence-electron chi connectivity index (χ4n) is 2.60. The molecule has 1 atom stereocenters. The second kappa shape index (κ2) is 6.91. The number of carbonyl (C=O) groups excluding carboxylic acids is 1. The lowest BCUT2D eigenvalue weighted by molar-refractivity contribution is 0.102. The summed E-state index contributed by atoms with van der Waals surface area (Å²) in [4.78, 5) is 16.4. The Labute approximate surface area is 145 Å². The van der Waals surface area contributed by atoms with Crippen LogP contribution in [0.3, 0.4) is 0 Å². The van der Waals surface area contributed by atoms with E-state index in [2.05, 4.69) is 15.6 Å². The monoisotopic (exact) mass is 356 g/mol. The van der Waals surface area contributed by atoms with Crippen LogP contribution in [-0.4, -0.2) is 36.9 Å². The summed E-state index contributed by atoms with van der Waals surface area (Å²) in [7, 11) is -2.95. The molecule has 1 saturated heterocycles. The van der Waals surface area contributed by atoms with Gasteiger partial charge in [0, 0.05) is 17.9 Å². The van der Waals surface area contributed by atoms with Crippen molar-refractivity contribution in [2.75, 3.05) is 22.1 Å². The molecular formula is C17H16N4O3S. The van der Waals surface area contributed by atoms with Gasteiger partial charge in [-0.3, -0.25) is 4.79 Å². The fourth-order valence-corrected chi connectivity index (χ4v) is 4.27. The first-order valence-electron chi connectivity index (χ1n) is 7.70. The van der Waals surface area contributed by atoms with E-state index >= 15 is 0 Å². The van der Waals surface area contributed by atoms with Crippen molar-refractivity contribution < 1.29 is 13.2 Å². The van der Waals surface area contributed by atoms with Gasteiger partial charge in [0.15, 0.2) is 9.84 Å². The molecule has 7 nitrogen and oxygen atoms in total. The molecule has 0 spiro atoms. The number of nitriles is 1. The van der Waals surface area contributed by atoms with Crippen molar-refractivity contribution in [1.29, 1.82) is 5.26 Å². The number of nitrogens with zero attached hydrogens (tertiary/aromatic N) is 2. The maximum Gasteiger partial charge on any atom is 0.257 e. The van der Waals surface area contributed by atoms with E-state index in [0.717, 1.165) is 0 Å². The van der Waals surface area contributed by atoms with Crippen LogP contribution in [0.1, 0.15) is 22.3 Å². The van der Waals surface area contributed by atoms with Crippen LogP contribution in [0.2, 0.25) is 0 Å². The zero-order valence-corrected chi connectivity index (χ0v) is 14.1. The van der Waals surface area contributed by atoms with Crippen molar-refractivity contribution in [3.8, 4) is 6.07 Å². The van der Waals surface area contributed by atoms with Crippen LogP contribution >= 0.6 is 0 Å². The van der Waals surface area contributed by atoms with Crippen LogP contribution in [0.15, 0.2) is 42.6 Å². The highest BCUT2D eigenvalue weighted by molar-refractivity contribution is 7.91. The number of sulfone groups is 1. The minimum Gasteiger partial charge on any atom is -0.366 e. The Bertz CT molecular complexity index is 933. The van der Waals surface area contributed by atoms with E-state index in [-0.39, 0.29) is 23.5 Å². The quantitative estimate of drug-likeness (QED) is 0.864. The molecule has 1 aliphatic heterocycles. The highest BCUT2D eigenvalue weighted by atomic mass is 32.2. The van der Waals surface area contributed by atoms with Gasteiger partial charge in [0.25, 0.3) is 5.91 Å². The number of benzene rings is 1. The molecule has 2 N–H and O–H groups in total. The third kappa shape index (κ3) is 4.33. The van der Waals surface area contributed by atoms with Gasteiger partial charge >= 0.3 is 0 Å². The van der Waals surface area contributed by atoms with Gasteiger partial charge in [-0.05, 0) is 36.8 Å². The average molecular weight is 356 g/mol. The molecule has 1 aromatic heterocycles. The van der Waals surface area contributed by atoms with Crippen LogP contribution in [0.5, 0.6) is 0 Å². The fraction of sp³-hybridized carbons (Fsp3) is 0.235. The molecule has 1 unspecified atom stereocenters. The summed E-state index contributed by atoms with van der Waals surface area (Å²) in [5, 5.41) is 14.7. The van der Waals surface area contributed by atoms with Crippen LogP contribution in [-0.2, 0) is 9.84 Å². The van der Waals surface area contributed by atoms with Crippen molar-refractivity contribution in [3.05, 3.63) is 53.7 Å². The minimum absolute atomic E-state index is 0.103. The predicted molar refractivity (Wildman–Crippen MR) is 94.0 cm³/mol. The standard InChI is InChI=1S/C17H16N4O3S/c18-9-12-2-1-3-14(8-12)21-17(22)13-4-5-16(19-10-13)20-15-6-7-25(23,24)11-15/h1-5,8,10,15H,6-7,11H2,(H,19,20)(H,21,22). The first-order valence-corrected chi connectivity index (χ1v) is 9.52. The molecule has 1 fully saturated rings. The van der Waals surface area contributed by atoms with Gasteiger partial charge in [0.1, 0.15) is 5.82 Å². The maximum atomic E-state index is 12.2. The smallest absolute Gasteiger partial charge is 0.257 e. The molecule has 0 bridgehead atoms. The normalized spacial score (nSPS) is 18.3. The Morgan fingerprint density at radius 1 is 1.28 bits per heavy atom. The van der Waals surface area contributed by atoms with Gasteiger partial charge in [0.05, 0.1) is 28.7 Å². The van der Waals surface area contributed by atoms with Gasteiger partial charge in [-0.15, -0.1) is 0 Å². The lowest BCUT2D eigenvalue weighted by atomic mass is 10.2. The molecule has 25 heavy (non-hydrogen) atoms. The largest absolute Gasteiger partial charge is 0.366 e. The SMILES string of the molecule is N#Cc1cccc(NC(=O)c2ccc(NC3CCS(=O)(=O)C3)nc2)c1. The lowest BCUT2D eigenvalue weighted by Gasteiger charge is -2.11. The van der Waals surface area contributed by atoms with E-state index in [0.29, 0.717) is 29.1 Å². The molecule has 128 valence electrons. The van der Waals surface area contributed by atoms with E-state index in [1.54, 1.807) is 36.4 Å². The Kier molecular flexibility index (Phi) is 4.67. The summed E-state index contributed by atoms with van der Waals surface area (Å²) in [5.41, 5.74) is 1.36. The van der Waals surface area contributed by atoms with Gasteiger partial charge in [-0.25, -0.2) is 13.4 Å². The highest BCUT2D eigenvalue weighted by Gasteiger charge is 2.27. The van der Waals surface area contributed by atoms with Crippen molar-refractivity contribution in [2.24, 2.45) is 0 Å². The predicted octanol–water partition coefficient (Wildman–Crippen LogP) is 1.80. The van der Waals surface area contributed by atoms with E-state index in [9.17, 15) is 13.2 Å². The van der Waals surface area contributed by atoms with E-state index < -0.39 is 9.84 Å². The van der Waals surface area contributed by atoms with Crippen molar-refractivity contribution in [1.82, 2.24) is 4.98 Å². The number of anilines is 2. The van der Waals surface area contributed by atoms with Crippen LogP contribution in [0.25, 0.3) is 0 Å². The number of hydrogen-bond acceptors (Lipinski definition) is 6. The van der Waals surface area contributed by atoms with Crippen LogP contribution < -0.4 is 10.6 Å². The molecule has 0 aliphatic carbocycles. The third-order valence-electron chi connectivity index (χ3n) is 3.86. The van der Waals surface area contributed by atoms with Gasteiger partial charge in [-0.1, -0.05) is 6.07 Å². The number of nitrogens with one attached hydrogen (secondary N) is 2. The number of rotatable bonds is 4. The summed E-state index contributed by atoms with van der Waals surface area (Å²) >= 11 is 0. The maximum absolute atomic E-state index is 12.2. The van der Waals surface area contributed by atoms with Crippen molar-refractivity contribution in [2.45, 2.75) is 12.5 Å².